The summed E-state index contributed by atoms with van der Waals surface area (Å²) in [5.74, 6) is 1.11. The SMILES string of the molecule is COc1c(C(C)(C)C)cc(C)c([SiH](C)C)c1C(C)(C)C1=CCC=C1. The quantitative estimate of drug-likeness (QED) is 0.687. The van der Waals surface area contributed by atoms with Crippen LogP contribution in [-0.2, 0) is 10.8 Å². The van der Waals surface area contributed by atoms with E-state index in [-0.39, 0.29) is 10.8 Å². The third-order valence-electron chi connectivity index (χ3n) is 5.23. The minimum atomic E-state index is -0.998. The average Bonchev–Trinajstić information content (AvgIpc) is 2.99. The molecule has 1 aliphatic carbocycles. The molecule has 2 heteroatoms. The normalized spacial score (nSPS) is 15.2. The Hall–Kier alpha value is -1.28. The Labute approximate surface area is 150 Å². The first kappa shape index (κ1) is 19.0. The average molecular weight is 343 g/mol. The van der Waals surface area contributed by atoms with Crippen LogP contribution in [0.15, 0.2) is 29.9 Å². The summed E-state index contributed by atoms with van der Waals surface area (Å²) < 4.78 is 6.07. The van der Waals surface area contributed by atoms with Crippen LogP contribution in [0.3, 0.4) is 0 Å². The zero-order valence-corrected chi connectivity index (χ0v) is 18.2. The molecule has 0 aromatic heterocycles. The molecule has 1 aromatic carbocycles. The van der Waals surface area contributed by atoms with Gasteiger partial charge in [0.05, 0.1) is 15.9 Å². The molecular formula is C22H34OSi. The van der Waals surface area contributed by atoms with Gasteiger partial charge in [-0.15, -0.1) is 0 Å². The first-order chi connectivity index (χ1) is 11.0. The van der Waals surface area contributed by atoms with Crippen molar-refractivity contribution in [3.05, 3.63) is 46.6 Å². The molecule has 132 valence electrons. The molecule has 0 fully saturated rings. The lowest BCUT2D eigenvalue weighted by Gasteiger charge is -2.36. The minimum absolute atomic E-state index is 0.0308. The fourth-order valence-corrected chi connectivity index (χ4v) is 6.08. The summed E-state index contributed by atoms with van der Waals surface area (Å²) in [7, 11) is 0.839. The van der Waals surface area contributed by atoms with Crippen LogP contribution in [0, 0.1) is 6.92 Å². The highest BCUT2D eigenvalue weighted by molar-refractivity contribution is 6.71. The topological polar surface area (TPSA) is 9.23 Å². The molecule has 0 amide bonds. The Morgan fingerprint density at radius 1 is 1.08 bits per heavy atom. The van der Waals surface area contributed by atoms with Crippen LogP contribution in [0.2, 0.25) is 13.1 Å². The maximum absolute atomic E-state index is 6.07. The van der Waals surface area contributed by atoms with Crippen LogP contribution < -0.4 is 9.92 Å². The molecule has 0 aliphatic heterocycles. The molecule has 0 saturated carbocycles. The highest BCUT2D eigenvalue weighted by Gasteiger charge is 2.35. The highest BCUT2D eigenvalue weighted by atomic mass is 28.3. The van der Waals surface area contributed by atoms with Crippen LogP contribution >= 0.6 is 0 Å². The molecule has 24 heavy (non-hydrogen) atoms. The molecule has 0 spiro atoms. The Kier molecular flexibility index (Phi) is 5.20. The second kappa shape index (κ2) is 6.55. The van der Waals surface area contributed by atoms with E-state index in [1.165, 1.54) is 22.3 Å². The summed E-state index contributed by atoms with van der Waals surface area (Å²) in [4.78, 5) is 0. The summed E-state index contributed by atoms with van der Waals surface area (Å²) in [6.45, 7) is 18.7. The van der Waals surface area contributed by atoms with E-state index < -0.39 is 8.80 Å². The minimum Gasteiger partial charge on any atom is -0.496 e. The molecule has 1 aromatic rings. The van der Waals surface area contributed by atoms with Gasteiger partial charge >= 0.3 is 0 Å². The van der Waals surface area contributed by atoms with Crippen LogP contribution in [0.4, 0.5) is 0 Å². The molecule has 1 nitrogen and oxygen atoms in total. The zero-order chi connectivity index (χ0) is 18.3. The van der Waals surface area contributed by atoms with Crippen molar-refractivity contribution < 1.29 is 4.74 Å². The molecule has 0 N–H and O–H groups in total. The van der Waals surface area contributed by atoms with E-state index in [1.54, 1.807) is 5.19 Å². The molecule has 0 unspecified atom stereocenters. The standard InChI is InChI=1S/C22H34OSi/c1-15-14-17(21(2,3)4)19(23-7)18(20(15)24(8)9)22(5,6)16-12-10-11-13-16/h10,12-14,24H,11H2,1-9H3. The van der Waals surface area contributed by atoms with Crippen LogP contribution in [-0.4, -0.2) is 15.9 Å². The van der Waals surface area contributed by atoms with Crippen molar-refractivity contribution >= 4 is 14.0 Å². The Morgan fingerprint density at radius 2 is 1.71 bits per heavy atom. The van der Waals surface area contributed by atoms with Gasteiger partial charge in [-0.3, -0.25) is 0 Å². The van der Waals surface area contributed by atoms with Gasteiger partial charge in [-0.25, -0.2) is 0 Å². The van der Waals surface area contributed by atoms with Crippen molar-refractivity contribution in [1.82, 2.24) is 0 Å². The third-order valence-corrected chi connectivity index (χ3v) is 7.13. The third kappa shape index (κ3) is 3.26. The Balaban J connectivity index is 2.89. The van der Waals surface area contributed by atoms with E-state index in [2.05, 4.69) is 78.9 Å². The van der Waals surface area contributed by atoms with E-state index in [0.717, 1.165) is 12.2 Å². The largest absolute Gasteiger partial charge is 0.496 e. The van der Waals surface area contributed by atoms with Crippen LogP contribution in [0.1, 0.15) is 57.7 Å². The smallest absolute Gasteiger partial charge is 0.126 e. The lowest BCUT2D eigenvalue weighted by Crippen LogP contribution is -2.38. The Morgan fingerprint density at radius 3 is 2.12 bits per heavy atom. The van der Waals surface area contributed by atoms with Gasteiger partial charge in [0.15, 0.2) is 0 Å². The van der Waals surface area contributed by atoms with Gasteiger partial charge in [-0.05, 0) is 24.3 Å². The van der Waals surface area contributed by atoms with Crippen LogP contribution in [0.5, 0.6) is 5.75 Å². The first-order valence-electron chi connectivity index (χ1n) is 9.11. The zero-order valence-electron chi connectivity index (χ0n) is 17.0. The van der Waals surface area contributed by atoms with Gasteiger partial charge in [0, 0.05) is 16.5 Å². The molecule has 0 atom stereocenters. The monoisotopic (exact) mass is 342 g/mol. The van der Waals surface area contributed by atoms with E-state index in [1.807, 2.05) is 7.11 Å². The molecule has 0 heterocycles. The van der Waals surface area contributed by atoms with Crippen molar-refractivity contribution in [2.24, 2.45) is 0 Å². The van der Waals surface area contributed by atoms with Crippen molar-refractivity contribution in [3.63, 3.8) is 0 Å². The second-order valence-corrected chi connectivity index (χ2v) is 11.8. The van der Waals surface area contributed by atoms with Gasteiger partial charge < -0.3 is 4.74 Å². The molecule has 0 bridgehead atoms. The lowest BCUT2D eigenvalue weighted by atomic mass is 9.73. The summed E-state index contributed by atoms with van der Waals surface area (Å²) in [6, 6.07) is 2.37. The van der Waals surface area contributed by atoms with E-state index in [0.29, 0.717) is 0 Å². The van der Waals surface area contributed by atoms with Gasteiger partial charge in [0.25, 0.3) is 0 Å². The van der Waals surface area contributed by atoms with Gasteiger partial charge in [-0.2, -0.15) is 0 Å². The number of allylic oxidation sites excluding steroid dienone is 4. The number of rotatable bonds is 4. The number of ether oxygens (including phenoxy) is 1. The summed E-state index contributed by atoms with van der Waals surface area (Å²) in [6.07, 6.45) is 7.97. The van der Waals surface area contributed by atoms with Crippen molar-refractivity contribution in [3.8, 4) is 5.75 Å². The predicted molar refractivity (Wildman–Crippen MR) is 110 cm³/mol. The van der Waals surface area contributed by atoms with E-state index in [9.17, 15) is 0 Å². The maximum Gasteiger partial charge on any atom is 0.126 e. The van der Waals surface area contributed by atoms with Crippen LogP contribution in [0.25, 0.3) is 0 Å². The number of aryl methyl sites for hydroxylation is 1. The number of benzene rings is 1. The van der Waals surface area contributed by atoms with Crippen molar-refractivity contribution in [1.29, 1.82) is 0 Å². The predicted octanol–water partition coefficient (Wildman–Crippen LogP) is 5.16. The summed E-state index contributed by atoms with van der Waals surface area (Å²) >= 11 is 0. The lowest BCUT2D eigenvalue weighted by molar-refractivity contribution is 0.385. The number of methoxy groups -OCH3 is 1. The molecule has 0 saturated heterocycles. The fourth-order valence-electron chi connectivity index (χ4n) is 4.01. The van der Waals surface area contributed by atoms with Gasteiger partial charge in [-0.1, -0.05) is 82.8 Å². The summed E-state index contributed by atoms with van der Waals surface area (Å²) in [5, 5.41) is 1.58. The Bertz CT molecular complexity index is 685. The van der Waals surface area contributed by atoms with E-state index >= 15 is 0 Å². The first-order valence-corrected chi connectivity index (χ1v) is 12.0. The second-order valence-electron chi connectivity index (χ2n) is 8.89. The maximum atomic E-state index is 6.07. The molecular weight excluding hydrogens is 308 g/mol. The van der Waals surface area contributed by atoms with Crippen molar-refractivity contribution in [2.45, 2.75) is 71.9 Å². The molecule has 2 rings (SSSR count). The highest BCUT2D eigenvalue weighted by Crippen LogP contribution is 2.44. The molecule has 1 aliphatic rings. The summed E-state index contributed by atoms with van der Waals surface area (Å²) in [5.41, 5.74) is 5.64. The molecule has 0 radical (unpaired) electrons. The van der Waals surface area contributed by atoms with Gasteiger partial charge in [0.2, 0.25) is 0 Å². The van der Waals surface area contributed by atoms with E-state index in [4.69, 9.17) is 4.74 Å². The fraction of sp³-hybridized carbons (Fsp3) is 0.545. The number of hydrogen-bond acceptors (Lipinski definition) is 1. The number of hydrogen-bond donors (Lipinski definition) is 0. The van der Waals surface area contributed by atoms with Gasteiger partial charge in [0.1, 0.15) is 5.75 Å². The van der Waals surface area contributed by atoms with Crippen molar-refractivity contribution in [2.75, 3.05) is 7.11 Å².